The number of rotatable bonds is 4. The number of thiocarbonyl (C=S) groups is 1. The van der Waals surface area contributed by atoms with E-state index in [0.717, 1.165) is 16.7 Å². The zero-order valence-corrected chi connectivity index (χ0v) is 13.9. The van der Waals surface area contributed by atoms with Crippen LogP contribution in [0.25, 0.3) is 6.08 Å². The number of thioether (sulfide) groups is 1. The Bertz CT molecular complexity index is 728. The van der Waals surface area contributed by atoms with Gasteiger partial charge >= 0.3 is 11.9 Å². The molecule has 1 aromatic rings. The summed E-state index contributed by atoms with van der Waals surface area (Å²) in [6, 6.07) is 5.68. The standard InChI is InChI=1S/C15H13NO5S2/c1-8(14(19)20)16-13(18)12(23-15(16)22)7-10-5-3-4-6-11(10)21-9(2)17/h3-8H,1-2H3,(H,19,20)/b12-7-. The molecule has 1 aromatic carbocycles. The summed E-state index contributed by atoms with van der Waals surface area (Å²) < 4.78 is 5.27. The van der Waals surface area contributed by atoms with Crippen LogP contribution in [0, 0.1) is 0 Å². The van der Waals surface area contributed by atoms with Crippen LogP contribution in [0.4, 0.5) is 0 Å². The maximum Gasteiger partial charge on any atom is 0.326 e. The fourth-order valence-corrected chi connectivity index (χ4v) is 3.32. The van der Waals surface area contributed by atoms with Gasteiger partial charge in [-0.15, -0.1) is 0 Å². The van der Waals surface area contributed by atoms with Crippen LogP contribution < -0.4 is 4.74 Å². The number of carboxylic acid groups (broad SMARTS) is 1. The summed E-state index contributed by atoms with van der Waals surface area (Å²) in [6.45, 7) is 2.67. The van der Waals surface area contributed by atoms with Crippen molar-refractivity contribution in [3.8, 4) is 5.75 Å². The third kappa shape index (κ3) is 3.77. The largest absolute Gasteiger partial charge is 0.480 e. The zero-order valence-electron chi connectivity index (χ0n) is 12.3. The van der Waals surface area contributed by atoms with E-state index in [9.17, 15) is 14.4 Å². The van der Waals surface area contributed by atoms with Crippen LogP contribution in [0.15, 0.2) is 29.2 Å². The minimum atomic E-state index is -1.14. The molecule has 1 N–H and O–H groups in total. The number of carbonyl (C=O) groups excluding carboxylic acids is 2. The SMILES string of the molecule is CC(=O)Oc1ccccc1/C=C1\SC(=S)N(C(C)C(=O)O)C1=O. The number of nitrogens with zero attached hydrogens (tertiary/aromatic N) is 1. The van der Waals surface area contributed by atoms with E-state index in [-0.39, 0.29) is 9.23 Å². The van der Waals surface area contributed by atoms with E-state index in [2.05, 4.69) is 0 Å². The van der Waals surface area contributed by atoms with Crippen molar-refractivity contribution >= 4 is 52.2 Å². The van der Waals surface area contributed by atoms with E-state index in [1.165, 1.54) is 19.9 Å². The lowest BCUT2D eigenvalue weighted by molar-refractivity contribution is -0.144. The quantitative estimate of drug-likeness (QED) is 0.385. The Balaban J connectivity index is 2.35. The lowest BCUT2D eigenvalue weighted by atomic mass is 10.2. The van der Waals surface area contributed by atoms with Crippen molar-refractivity contribution in [2.75, 3.05) is 0 Å². The Morgan fingerprint density at radius 3 is 2.65 bits per heavy atom. The maximum absolute atomic E-state index is 12.4. The maximum atomic E-state index is 12.4. The number of para-hydroxylation sites is 1. The molecule has 1 atom stereocenters. The topological polar surface area (TPSA) is 83.9 Å². The molecule has 0 bridgehead atoms. The average molecular weight is 351 g/mol. The molecular weight excluding hydrogens is 338 g/mol. The Labute approximate surface area is 142 Å². The van der Waals surface area contributed by atoms with Crippen molar-refractivity contribution < 1.29 is 24.2 Å². The molecule has 1 saturated heterocycles. The molecule has 1 heterocycles. The molecule has 8 heteroatoms. The molecule has 2 rings (SSSR count). The molecule has 23 heavy (non-hydrogen) atoms. The van der Waals surface area contributed by atoms with Crippen molar-refractivity contribution in [1.29, 1.82) is 0 Å². The van der Waals surface area contributed by atoms with Gasteiger partial charge < -0.3 is 9.84 Å². The van der Waals surface area contributed by atoms with Crippen LogP contribution in [0.5, 0.6) is 5.75 Å². The molecular formula is C15H13NO5S2. The number of esters is 1. The van der Waals surface area contributed by atoms with Gasteiger partial charge in [0.1, 0.15) is 16.1 Å². The van der Waals surface area contributed by atoms with Gasteiger partial charge in [-0.3, -0.25) is 14.5 Å². The first-order valence-corrected chi connectivity index (χ1v) is 7.81. The third-order valence-corrected chi connectivity index (χ3v) is 4.36. The van der Waals surface area contributed by atoms with Crippen LogP contribution in [-0.4, -0.2) is 38.2 Å². The minimum Gasteiger partial charge on any atom is -0.480 e. The highest BCUT2D eigenvalue weighted by Gasteiger charge is 2.38. The summed E-state index contributed by atoms with van der Waals surface area (Å²) >= 11 is 6.10. The molecule has 0 saturated carbocycles. The van der Waals surface area contributed by atoms with E-state index in [1.54, 1.807) is 24.3 Å². The Kier molecular flexibility index (Phi) is 5.17. The predicted octanol–water partition coefficient (Wildman–Crippen LogP) is 2.29. The summed E-state index contributed by atoms with van der Waals surface area (Å²) in [4.78, 5) is 35.9. The van der Waals surface area contributed by atoms with Crippen molar-refractivity contribution in [2.24, 2.45) is 0 Å². The van der Waals surface area contributed by atoms with Crippen LogP contribution in [-0.2, 0) is 14.4 Å². The highest BCUT2D eigenvalue weighted by Crippen LogP contribution is 2.35. The number of ether oxygens (including phenoxy) is 1. The van der Waals surface area contributed by atoms with Gasteiger partial charge in [0, 0.05) is 12.5 Å². The van der Waals surface area contributed by atoms with Gasteiger partial charge in [-0.05, 0) is 19.1 Å². The molecule has 0 aromatic heterocycles. The summed E-state index contributed by atoms with van der Waals surface area (Å²) in [7, 11) is 0. The highest BCUT2D eigenvalue weighted by molar-refractivity contribution is 8.26. The Morgan fingerprint density at radius 2 is 2.04 bits per heavy atom. The lowest BCUT2D eigenvalue weighted by Crippen LogP contribution is -2.41. The predicted molar refractivity (Wildman–Crippen MR) is 89.9 cm³/mol. The summed E-state index contributed by atoms with van der Waals surface area (Å²) in [6.07, 6.45) is 1.53. The second kappa shape index (κ2) is 6.93. The second-order valence-corrected chi connectivity index (χ2v) is 6.37. The molecule has 120 valence electrons. The monoisotopic (exact) mass is 351 g/mol. The lowest BCUT2D eigenvalue weighted by Gasteiger charge is -2.18. The molecule has 6 nitrogen and oxygen atoms in total. The van der Waals surface area contributed by atoms with Gasteiger partial charge in [-0.25, -0.2) is 4.79 Å². The third-order valence-electron chi connectivity index (χ3n) is 3.03. The van der Waals surface area contributed by atoms with Crippen molar-refractivity contribution in [2.45, 2.75) is 19.9 Å². The smallest absolute Gasteiger partial charge is 0.326 e. The van der Waals surface area contributed by atoms with Crippen LogP contribution in [0.3, 0.4) is 0 Å². The molecule has 1 unspecified atom stereocenters. The average Bonchev–Trinajstić information content (AvgIpc) is 2.74. The summed E-state index contributed by atoms with van der Waals surface area (Å²) in [5.41, 5.74) is 0.533. The van der Waals surface area contributed by atoms with Crippen molar-refractivity contribution in [3.05, 3.63) is 34.7 Å². The van der Waals surface area contributed by atoms with E-state index in [4.69, 9.17) is 22.1 Å². The van der Waals surface area contributed by atoms with Crippen LogP contribution in [0.2, 0.25) is 0 Å². The first-order chi connectivity index (χ1) is 10.8. The van der Waals surface area contributed by atoms with Gasteiger partial charge in [-0.1, -0.05) is 42.2 Å². The van der Waals surface area contributed by atoms with Crippen molar-refractivity contribution in [3.63, 3.8) is 0 Å². The molecule has 1 fully saturated rings. The number of aliphatic carboxylic acids is 1. The number of hydrogen-bond donors (Lipinski definition) is 1. The zero-order chi connectivity index (χ0) is 17.1. The van der Waals surface area contributed by atoms with Gasteiger partial charge in [0.15, 0.2) is 0 Å². The van der Waals surface area contributed by atoms with E-state index in [1.807, 2.05) is 0 Å². The summed E-state index contributed by atoms with van der Waals surface area (Å²) in [5.74, 6) is -1.77. The Morgan fingerprint density at radius 1 is 1.39 bits per heavy atom. The van der Waals surface area contributed by atoms with E-state index < -0.39 is 23.9 Å². The number of carboxylic acids is 1. The number of hydrogen-bond acceptors (Lipinski definition) is 6. The first kappa shape index (κ1) is 17.2. The van der Waals surface area contributed by atoms with Gasteiger partial charge in [0.05, 0.1) is 4.91 Å². The van der Waals surface area contributed by atoms with Gasteiger partial charge in [0.2, 0.25) is 0 Å². The molecule has 0 aliphatic carbocycles. The highest BCUT2D eigenvalue weighted by atomic mass is 32.2. The van der Waals surface area contributed by atoms with E-state index >= 15 is 0 Å². The number of benzene rings is 1. The molecule has 0 radical (unpaired) electrons. The second-order valence-electron chi connectivity index (χ2n) is 4.70. The fourth-order valence-electron chi connectivity index (χ4n) is 1.91. The normalized spacial score (nSPS) is 17.5. The van der Waals surface area contributed by atoms with E-state index in [0.29, 0.717) is 11.3 Å². The van der Waals surface area contributed by atoms with Crippen molar-refractivity contribution in [1.82, 2.24) is 4.90 Å². The van der Waals surface area contributed by atoms with Gasteiger partial charge in [0.25, 0.3) is 5.91 Å². The summed E-state index contributed by atoms with van der Waals surface area (Å²) in [5, 5.41) is 9.06. The first-order valence-electron chi connectivity index (χ1n) is 6.58. The van der Waals surface area contributed by atoms with Crippen LogP contribution >= 0.6 is 24.0 Å². The molecule has 1 amide bonds. The minimum absolute atomic E-state index is 0.182. The Hall–Kier alpha value is -2.19. The molecule has 1 aliphatic heterocycles. The fraction of sp³-hybridized carbons (Fsp3) is 0.200. The van der Waals surface area contributed by atoms with Gasteiger partial charge in [-0.2, -0.15) is 0 Å². The molecule has 0 spiro atoms. The van der Waals surface area contributed by atoms with Crippen LogP contribution in [0.1, 0.15) is 19.4 Å². The number of amides is 1. The molecule has 1 aliphatic rings. The number of carbonyl (C=O) groups is 3.